The second-order valence-electron chi connectivity index (χ2n) is 5.01. The molecule has 3 N–H and O–H groups in total. The van der Waals surface area contributed by atoms with Gasteiger partial charge in [0.25, 0.3) is 0 Å². The van der Waals surface area contributed by atoms with Crippen molar-refractivity contribution in [2.75, 3.05) is 0 Å². The second-order valence-corrected chi connectivity index (χ2v) is 5.01. The fourth-order valence-electron chi connectivity index (χ4n) is 2.01. The van der Waals surface area contributed by atoms with Crippen molar-refractivity contribution in [2.45, 2.75) is 64.4 Å². The van der Waals surface area contributed by atoms with Crippen LogP contribution in [-0.2, 0) is 9.59 Å². The lowest BCUT2D eigenvalue weighted by atomic mass is 9.94. The Morgan fingerprint density at radius 3 is 2.15 bits per heavy atom. The molecule has 2 unspecified atom stereocenters. The Kier molecular flexibility index (Phi) is 10.7. The van der Waals surface area contributed by atoms with Gasteiger partial charge in [-0.1, -0.05) is 31.9 Å². The molecule has 5 heteroatoms. The van der Waals surface area contributed by atoms with Gasteiger partial charge in [-0.2, -0.15) is 0 Å². The minimum atomic E-state index is -1.32. The van der Waals surface area contributed by atoms with E-state index in [-0.39, 0.29) is 0 Å². The summed E-state index contributed by atoms with van der Waals surface area (Å²) in [6.45, 7) is 2.15. The maximum atomic E-state index is 11.0. The van der Waals surface area contributed by atoms with E-state index in [9.17, 15) is 14.7 Å². The summed E-state index contributed by atoms with van der Waals surface area (Å²) in [5, 5.41) is 27.1. The van der Waals surface area contributed by atoms with Gasteiger partial charge in [-0.3, -0.25) is 9.59 Å². The standard InChI is InChI=1S/C15H26O5/c1-2-3-4-5-6-7-8-9-10-12(15(19)20)13(16)11-14(17)18/h6-7,12-13,16H,2-5,8-11H2,1H3,(H,17,18)(H,19,20)/b7-6+. The molecule has 0 spiro atoms. The zero-order valence-corrected chi connectivity index (χ0v) is 12.1. The molecule has 0 aliphatic rings. The fourth-order valence-corrected chi connectivity index (χ4v) is 2.01. The minimum absolute atomic E-state index is 0.295. The van der Waals surface area contributed by atoms with Gasteiger partial charge in [-0.15, -0.1) is 0 Å². The molecule has 0 saturated carbocycles. The van der Waals surface area contributed by atoms with E-state index in [1.54, 1.807) is 0 Å². The number of allylic oxidation sites excluding steroid dienone is 2. The predicted octanol–water partition coefficient (Wildman–Crippen LogP) is 2.83. The number of carboxylic acid groups (broad SMARTS) is 2. The summed E-state index contributed by atoms with van der Waals surface area (Å²) in [5.41, 5.74) is 0. The monoisotopic (exact) mass is 286 g/mol. The Bertz CT molecular complexity index is 311. The highest BCUT2D eigenvalue weighted by atomic mass is 16.4. The summed E-state index contributed by atoms with van der Waals surface area (Å²) >= 11 is 0. The van der Waals surface area contributed by atoms with E-state index >= 15 is 0 Å². The number of carboxylic acids is 2. The lowest BCUT2D eigenvalue weighted by Gasteiger charge is -2.16. The molecule has 5 nitrogen and oxygen atoms in total. The molecule has 2 atom stereocenters. The molecule has 0 fully saturated rings. The van der Waals surface area contributed by atoms with E-state index in [0.717, 1.165) is 12.8 Å². The van der Waals surface area contributed by atoms with E-state index in [2.05, 4.69) is 13.0 Å². The summed E-state index contributed by atoms with van der Waals surface area (Å²) in [7, 11) is 0. The van der Waals surface area contributed by atoms with Crippen molar-refractivity contribution in [3.05, 3.63) is 12.2 Å². The Hall–Kier alpha value is -1.36. The van der Waals surface area contributed by atoms with Crippen molar-refractivity contribution >= 4 is 11.9 Å². The van der Waals surface area contributed by atoms with Crippen LogP contribution in [0.5, 0.6) is 0 Å². The van der Waals surface area contributed by atoms with Crippen molar-refractivity contribution in [1.29, 1.82) is 0 Å². The van der Waals surface area contributed by atoms with Crippen molar-refractivity contribution in [1.82, 2.24) is 0 Å². The summed E-state index contributed by atoms with van der Waals surface area (Å²) in [6.07, 6.45) is 8.58. The summed E-state index contributed by atoms with van der Waals surface area (Å²) in [6, 6.07) is 0. The minimum Gasteiger partial charge on any atom is -0.481 e. The van der Waals surface area contributed by atoms with Crippen LogP contribution in [0.15, 0.2) is 12.2 Å². The van der Waals surface area contributed by atoms with Gasteiger partial charge in [0.05, 0.1) is 18.4 Å². The number of hydrogen-bond acceptors (Lipinski definition) is 3. The van der Waals surface area contributed by atoms with Gasteiger partial charge >= 0.3 is 11.9 Å². The average Bonchev–Trinajstić information content (AvgIpc) is 2.35. The lowest BCUT2D eigenvalue weighted by Crippen LogP contribution is -2.30. The highest BCUT2D eigenvalue weighted by Gasteiger charge is 2.27. The molecular weight excluding hydrogens is 260 g/mol. The molecule has 0 aliphatic carbocycles. The molecule has 0 heterocycles. The second kappa shape index (κ2) is 11.5. The molecule has 0 radical (unpaired) electrons. The normalized spacial score (nSPS) is 14.3. The number of aliphatic hydroxyl groups excluding tert-OH is 1. The SMILES string of the molecule is CCCCC/C=C/CCCC(C(=O)O)C(O)CC(=O)O. The first-order valence-corrected chi connectivity index (χ1v) is 7.26. The molecule has 116 valence electrons. The van der Waals surface area contributed by atoms with Crippen LogP contribution in [0, 0.1) is 5.92 Å². The van der Waals surface area contributed by atoms with Crippen LogP contribution in [0.2, 0.25) is 0 Å². The third-order valence-corrected chi connectivity index (χ3v) is 3.19. The number of aliphatic hydroxyl groups is 1. The molecule has 0 aromatic heterocycles. The predicted molar refractivity (Wildman–Crippen MR) is 76.5 cm³/mol. The van der Waals surface area contributed by atoms with Crippen LogP contribution >= 0.6 is 0 Å². The van der Waals surface area contributed by atoms with Crippen LogP contribution in [0.4, 0.5) is 0 Å². The van der Waals surface area contributed by atoms with Crippen LogP contribution in [0.1, 0.15) is 58.3 Å². The number of hydrogen-bond donors (Lipinski definition) is 3. The van der Waals surface area contributed by atoms with Gasteiger partial charge in [0.1, 0.15) is 0 Å². The van der Waals surface area contributed by atoms with E-state index in [4.69, 9.17) is 10.2 Å². The van der Waals surface area contributed by atoms with Crippen LogP contribution < -0.4 is 0 Å². The van der Waals surface area contributed by atoms with Gasteiger partial charge < -0.3 is 15.3 Å². The zero-order chi connectivity index (χ0) is 15.4. The molecule has 0 amide bonds. The quantitative estimate of drug-likeness (QED) is 0.379. The fraction of sp³-hybridized carbons (Fsp3) is 0.733. The van der Waals surface area contributed by atoms with E-state index in [1.807, 2.05) is 6.08 Å². The maximum Gasteiger partial charge on any atom is 0.309 e. The maximum absolute atomic E-state index is 11.0. The van der Waals surface area contributed by atoms with Crippen molar-refractivity contribution in [2.24, 2.45) is 5.92 Å². The number of aliphatic carboxylic acids is 2. The van der Waals surface area contributed by atoms with E-state index in [1.165, 1.54) is 19.3 Å². The Balaban J connectivity index is 3.92. The van der Waals surface area contributed by atoms with Crippen LogP contribution in [0.3, 0.4) is 0 Å². The van der Waals surface area contributed by atoms with Gasteiger partial charge in [0, 0.05) is 0 Å². The molecule has 0 aromatic carbocycles. The molecule has 20 heavy (non-hydrogen) atoms. The van der Waals surface area contributed by atoms with Crippen LogP contribution in [-0.4, -0.2) is 33.4 Å². The van der Waals surface area contributed by atoms with Gasteiger partial charge in [0.2, 0.25) is 0 Å². The highest BCUT2D eigenvalue weighted by molar-refractivity contribution is 5.73. The first-order valence-electron chi connectivity index (χ1n) is 7.26. The Morgan fingerprint density at radius 1 is 1.05 bits per heavy atom. The Morgan fingerprint density at radius 2 is 1.65 bits per heavy atom. The van der Waals surface area contributed by atoms with E-state index in [0.29, 0.717) is 12.8 Å². The highest BCUT2D eigenvalue weighted by Crippen LogP contribution is 2.16. The molecule has 0 saturated heterocycles. The third-order valence-electron chi connectivity index (χ3n) is 3.19. The van der Waals surface area contributed by atoms with Crippen molar-refractivity contribution in [3.8, 4) is 0 Å². The summed E-state index contributed by atoms with van der Waals surface area (Å²) in [5.74, 6) is -3.31. The van der Waals surface area contributed by atoms with Crippen molar-refractivity contribution < 1.29 is 24.9 Å². The largest absolute Gasteiger partial charge is 0.481 e. The first-order chi connectivity index (χ1) is 9.49. The number of rotatable bonds is 12. The summed E-state index contributed by atoms with van der Waals surface area (Å²) < 4.78 is 0. The number of carbonyl (C=O) groups is 2. The van der Waals surface area contributed by atoms with Gasteiger partial charge in [-0.05, 0) is 32.1 Å². The number of unbranched alkanes of at least 4 members (excludes halogenated alkanes) is 4. The van der Waals surface area contributed by atoms with Crippen molar-refractivity contribution in [3.63, 3.8) is 0 Å². The van der Waals surface area contributed by atoms with E-state index < -0.39 is 30.4 Å². The van der Waals surface area contributed by atoms with Crippen LogP contribution in [0.25, 0.3) is 0 Å². The molecule has 0 bridgehead atoms. The topological polar surface area (TPSA) is 94.8 Å². The zero-order valence-electron chi connectivity index (χ0n) is 12.1. The smallest absolute Gasteiger partial charge is 0.309 e. The third kappa shape index (κ3) is 9.55. The summed E-state index contributed by atoms with van der Waals surface area (Å²) in [4.78, 5) is 21.5. The molecule has 0 aromatic rings. The van der Waals surface area contributed by atoms with Gasteiger partial charge in [0.15, 0.2) is 0 Å². The first kappa shape index (κ1) is 18.6. The van der Waals surface area contributed by atoms with Gasteiger partial charge in [-0.25, -0.2) is 0 Å². The molecule has 0 rings (SSSR count). The molecular formula is C15H26O5. The average molecular weight is 286 g/mol. The molecule has 0 aliphatic heterocycles. The Labute approximate surface area is 120 Å². The lowest BCUT2D eigenvalue weighted by molar-refractivity contribution is -0.148.